The third-order valence-electron chi connectivity index (χ3n) is 3.70. The maximum atomic E-state index is 13.1. The number of hydrogen-bond donors (Lipinski definition) is 1. The fraction of sp³-hybridized carbons (Fsp3) is 0.111. The molecule has 0 aliphatic rings. The van der Waals surface area contributed by atoms with Crippen LogP contribution in [0.3, 0.4) is 0 Å². The zero-order valence-corrected chi connectivity index (χ0v) is 14.4. The van der Waals surface area contributed by atoms with Gasteiger partial charge in [-0.2, -0.15) is 5.26 Å². The van der Waals surface area contributed by atoms with E-state index < -0.39 is 10.0 Å². The first kappa shape index (κ1) is 16.9. The molecule has 0 unspecified atom stereocenters. The number of benzene rings is 1. The SMILES string of the molecule is CNCc1cc(-c2ccccc2)n(S(=O)(=O)c2ccc(C#N)nc2)c1. The van der Waals surface area contributed by atoms with Gasteiger partial charge in [-0.3, -0.25) is 0 Å². The van der Waals surface area contributed by atoms with Crippen molar-refractivity contribution >= 4 is 10.0 Å². The van der Waals surface area contributed by atoms with Crippen molar-refractivity contribution in [3.63, 3.8) is 0 Å². The van der Waals surface area contributed by atoms with Gasteiger partial charge in [0.15, 0.2) is 0 Å². The van der Waals surface area contributed by atoms with E-state index in [4.69, 9.17) is 5.26 Å². The van der Waals surface area contributed by atoms with Gasteiger partial charge in [0.1, 0.15) is 16.7 Å². The highest BCUT2D eigenvalue weighted by atomic mass is 32.2. The van der Waals surface area contributed by atoms with Crippen LogP contribution in [0.1, 0.15) is 11.3 Å². The molecule has 0 spiro atoms. The summed E-state index contributed by atoms with van der Waals surface area (Å²) in [6.07, 6.45) is 2.81. The summed E-state index contributed by atoms with van der Waals surface area (Å²) in [5, 5.41) is 11.9. The molecule has 0 aliphatic carbocycles. The molecular formula is C18H16N4O2S. The topological polar surface area (TPSA) is 87.8 Å². The number of nitriles is 1. The van der Waals surface area contributed by atoms with Gasteiger partial charge in [0.25, 0.3) is 10.0 Å². The van der Waals surface area contributed by atoms with Crippen molar-refractivity contribution in [2.45, 2.75) is 11.4 Å². The number of rotatable bonds is 5. The second-order valence-electron chi connectivity index (χ2n) is 5.42. The Balaban J connectivity index is 2.15. The van der Waals surface area contributed by atoms with E-state index in [-0.39, 0.29) is 10.6 Å². The Kier molecular flexibility index (Phi) is 4.65. The van der Waals surface area contributed by atoms with Crippen LogP contribution in [0.4, 0.5) is 0 Å². The monoisotopic (exact) mass is 352 g/mol. The third-order valence-corrected chi connectivity index (χ3v) is 5.36. The fourth-order valence-electron chi connectivity index (χ4n) is 2.53. The second kappa shape index (κ2) is 6.89. The summed E-state index contributed by atoms with van der Waals surface area (Å²) in [7, 11) is -2.02. The lowest BCUT2D eigenvalue weighted by molar-refractivity contribution is 0.587. The summed E-state index contributed by atoms with van der Waals surface area (Å²) < 4.78 is 27.4. The van der Waals surface area contributed by atoms with Crippen LogP contribution >= 0.6 is 0 Å². The van der Waals surface area contributed by atoms with E-state index in [1.807, 2.05) is 42.5 Å². The van der Waals surface area contributed by atoms with Crippen LogP contribution in [0, 0.1) is 11.3 Å². The van der Waals surface area contributed by atoms with Crippen molar-refractivity contribution < 1.29 is 8.42 Å². The van der Waals surface area contributed by atoms with E-state index >= 15 is 0 Å². The summed E-state index contributed by atoms with van der Waals surface area (Å²) in [4.78, 5) is 3.91. The molecule has 0 bridgehead atoms. The normalized spacial score (nSPS) is 11.2. The van der Waals surface area contributed by atoms with Crippen LogP contribution in [-0.2, 0) is 16.6 Å². The van der Waals surface area contributed by atoms with Gasteiger partial charge in [-0.15, -0.1) is 0 Å². The Bertz CT molecular complexity index is 1020. The molecule has 2 heterocycles. The molecule has 0 amide bonds. The minimum atomic E-state index is -3.82. The number of hydrogen-bond acceptors (Lipinski definition) is 5. The van der Waals surface area contributed by atoms with Crippen LogP contribution in [0.25, 0.3) is 11.3 Å². The number of nitrogens with one attached hydrogen (secondary N) is 1. The predicted molar refractivity (Wildman–Crippen MR) is 94.2 cm³/mol. The van der Waals surface area contributed by atoms with Crippen LogP contribution in [-0.4, -0.2) is 24.4 Å². The number of pyridine rings is 1. The van der Waals surface area contributed by atoms with Crippen molar-refractivity contribution in [1.29, 1.82) is 5.26 Å². The largest absolute Gasteiger partial charge is 0.316 e. The first-order chi connectivity index (χ1) is 12.1. The average molecular weight is 352 g/mol. The fourth-order valence-corrected chi connectivity index (χ4v) is 3.87. The molecule has 0 saturated heterocycles. The molecule has 1 N–H and O–H groups in total. The number of aromatic nitrogens is 2. The Labute approximate surface area is 146 Å². The van der Waals surface area contributed by atoms with Gasteiger partial charge in [0.2, 0.25) is 0 Å². The maximum absolute atomic E-state index is 13.1. The smallest absolute Gasteiger partial charge is 0.269 e. The first-order valence-electron chi connectivity index (χ1n) is 7.59. The first-order valence-corrected chi connectivity index (χ1v) is 9.03. The van der Waals surface area contributed by atoms with Gasteiger partial charge >= 0.3 is 0 Å². The Morgan fingerprint density at radius 1 is 1.20 bits per heavy atom. The lowest BCUT2D eigenvalue weighted by Crippen LogP contribution is -2.14. The Hall–Kier alpha value is -2.95. The van der Waals surface area contributed by atoms with Crippen molar-refractivity contribution in [3.8, 4) is 17.3 Å². The highest BCUT2D eigenvalue weighted by molar-refractivity contribution is 7.90. The van der Waals surface area contributed by atoms with E-state index in [0.29, 0.717) is 12.2 Å². The summed E-state index contributed by atoms with van der Waals surface area (Å²) in [6, 6.07) is 15.8. The molecule has 0 aliphatic heterocycles. The van der Waals surface area contributed by atoms with Gasteiger partial charge in [-0.05, 0) is 36.4 Å². The van der Waals surface area contributed by atoms with E-state index in [9.17, 15) is 8.42 Å². The molecule has 0 saturated carbocycles. The average Bonchev–Trinajstić information content (AvgIpc) is 3.08. The number of nitrogens with zero attached hydrogens (tertiary/aromatic N) is 3. The lowest BCUT2D eigenvalue weighted by Gasteiger charge is -2.10. The van der Waals surface area contributed by atoms with Gasteiger partial charge in [-0.1, -0.05) is 30.3 Å². The second-order valence-corrected chi connectivity index (χ2v) is 7.24. The maximum Gasteiger partial charge on any atom is 0.269 e. The van der Waals surface area contributed by atoms with Crippen molar-refractivity contribution in [2.24, 2.45) is 0 Å². The van der Waals surface area contributed by atoms with Crippen LogP contribution in [0.15, 0.2) is 65.8 Å². The molecule has 6 nitrogen and oxygen atoms in total. The highest BCUT2D eigenvalue weighted by Gasteiger charge is 2.22. The lowest BCUT2D eigenvalue weighted by atomic mass is 10.1. The third kappa shape index (κ3) is 3.31. The summed E-state index contributed by atoms with van der Waals surface area (Å²) >= 11 is 0. The van der Waals surface area contributed by atoms with Gasteiger partial charge in [0.05, 0.1) is 5.69 Å². The van der Waals surface area contributed by atoms with Crippen LogP contribution in [0.2, 0.25) is 0 Å². The van der Waals surface area contributed by atoms with E-state index in [1.165, 1.54) is 22.3 Å². The minimum Gasteiger partial charge on any atom is -0.316 e. The predicted octanol–water partition coefficient (Wildman–Crippen LogP) is 2.38. The molecule has 0 radical (unpaired) electrons. The Morgan fingerprint density at radius 3 is 2.56 bits per heavy atom. The minimum absolute atomic E-state index is 0.0373. The zero-order valence-electron chi connectivity index (χ0n) is 13.5. The van der Waals surface area contributed by atoms with Crippen molar-refractivity contribution in [1.82, 2.24) is 14.3 Å². The van der Waals surface area contributed by atoms with Gasteiger partial charge in [-0.25, -0.2) is 17.4 Å². The molecule has 0 fully saturated rings. The van der Waals surface area contributed by atoms with Crippen LogP contribution in [0.5, 0.6) is 0 Å². The molecule has 25 heavy (non-hydrogen) atoms. The highest BCUT2D eigenvalue weighted by Crippen LogP contribution is 2.27. The van der Waals surface area contributed by atoms with E-state index in [1.54, 1.807) is 13.2 Å². The molecule has 3 aromatic rings. The Morgan fingerprint density at radius 2 is 1.96 bits per heavy atom. The molecule has 126 valence electrons. The molecule has 1 aromatic carbocycles. The van der Waals surface area contributed by atoms with E-state index in [0.717, 1.165) is 11.1 Å². The molecule has 2 aromatic heterocycles. The van der Waals surface area contributed by atoms with Crippen molar-refractivity contribution in [2.75, 3.05) is 7.05 Å². The van der Waals surface area contributed by atoms with Crippen LogP contribution < -0.4 is 5.32 Å². The van der Waals surface area contributed by atoms with Gasteiger partial charge < -0.3 is 5.32 Å². The zero-order chi connectivity index (χ0) is 17.9. The molecule has 7 heteroatoms. The standard InChI is InChI=1S/C18H16N4O2S/c1-20-11-14-9-18(15-5-3-2-4-6-15)22(13-14)25(23,24)17-8-7-16(10-19)21-12-17/h2-9,12-13,20H,11H2,1H3. The van der Waals surface area contributed by atoms with Crippen molar-refractivity contribution in [3.05, 3.63) is 72.2 Å². The summed E-state index contributed by atoms with van der Waals surface area (Å²) in [6.45, 7) is 0.550. The van der Waals surface area contributed by atoms with E-state index in [2.05, 4.69) is 10.3 Å². The molecular weight excluding hydrogens is 336 g/mol. The van der Waals surface area contributed by atoms with Gasteiger partial charge in [0, 0.05) is 18.9 Å². The summed E-state index contributed by atoms with van der Waals surface area (Å²) in [5.74, 6) is 0. The molecule has 3 rings (SSSR count). The molecule has 0 atom stereocenters. The summed E-state index contributed by atoms with van der Waals surface area (Å²) in [5.41, 5.74) is 2.40. The quantitative estimate of drug-likeness (QED) is 0.762.